The van der Waals surface area contributed by atoms with E-state index >= 15 is 0 Å². The molecule has 28 heavy (non-hydrogen) atoms. The van der Waals surface area contributed by atoms with E-state index in [0.717, 1.165) is 38.7 Å². The Morgan fingerprint density at radius 3 is 1.86 bits per heavy atom. The van der Waals surface area contributed by atoms with Crippen molar-refractivity contribution in [1.82, 2.24) is 0 Å². The van der Waals surface area contributed by atoms with Crippen molar-refractivity contribution in [2.45, 2.75) is 135 Å². The lowest BCUT2D eigenvalue weighted by molar-refractivity contribution is -0.147. The Kier molecular flexibility index (Phi) is 16.4. The molecule has 1 saturated carbocycles. The number of carbonyl (C=O) groups is 1. The van der Waals surface area contributed by atoms with Crippen LogP contribution < -0.4 is 0 Å². The van der Waals surface area contributed by atoms with Gasteiger partial charge >= 0.3 is 5.97 Å². The molecule has 3 heteroatoms. The number of carbonyl (C=O) groups excluding carboxylic acids is 1. The maximum Gasteiger partial charge on any atom is 0.330 e. The molecule has 1 rings (SSSR count). The highest BCUT2D eigenvalue weighted by molar-refractivity contribution is 5.81. The van der Waals surface area contributed by atoms with Gasteiger partial charge in [0.1, 0.15) is 6.10 Å². The zero-order valence-electron chi connectivity index (χ0n) is 18.6. The minimum absolute atomic E-state index is 0.0144. The maximum atomic E-state index is 11.3. The number of unbranched alkanes of at least 4 members (excludes halogenated alkanes) is 13. The molecule has 1 fully saturated rings. The lowest BCUT2D eigenvalue weighted by Crippen LogP contribution is -2.29. The van der Waals surface area contributed by atoms with E-state index in [9.17, 15) is 4.79 Å². The first-order valence-corrected chi connectivity index (χ1v) is 12.2. The molecular weight excluding hydrogens is 348 g/mol. The van der Waals surface area contributed by atoms with Gasteiger partial charge in [-0.15, -0.1) is 0 Å². The largest absolute Gasteiger partial charge is 0.459 e. The third kappa shape index (κ3) is 14.2. The van der Waals surface area contributed by atoms with Gasteiger partial charge in [-0.05, 0) is 25.7 Å². The van der Waals surface area contributed by atoms with Crippen molar-refractivity contribution >= 4 is 5.97 Å². The third-order valence-corrected chi connectivity index (χ3v) is 5.88. The molecule has 0 N–H and O–H groups in total. The van der Waals surface area contributed by atoms with E-state index in [2.05, 4.69) is 13.5 Å². The molecule has 0 aromatic rings. The summed E-state index contributed by atoms with van der Waals surface area (Å²) < 4.78 is 11.4. The molecule has 0 spiro atoms. The van der Waals surface area contributed by atoms with E-state index in [-0.39, 0.29) is 18.2 Å². The van der Waals surface area contributed by atoms with Crippen molar-refractivity contribution in [2.75, 3.05) is 6.61 Å². The average Bonchev–Trinajstić information content (AvgIpc) is 2.71. The van der Waals surface area contributed by atoms with Crippen molar-refractivity contribution in [1.29, 1.82) is 0 Å². The van der Waals surface area contributed by atoms with Crippen LogP contribution in [0.25, 0.3) is 0 Å². The number of ether oxygens (including phenoxy) is 2. The molecule has 0 heterocycles. The Morgan fingerprint density at radius 2 is 1.32 bits per heavy atom. The Balaban J connectivity index is 1.82. The number of rotatable bonds is 18. The zero-order valence-corrected chi connectivity index (χ0v) is 18.6. The Hall–Kier alpha value is -0.830. The summed E-state index contributed by atoms with van der Waals surface area (Å²) in [5, 5.41) is 0. The monoisotopic (exact) mass is 394 g/mol. The minimum atomic E-state index is -0.308. The van der Waals surface area contributed by atoms with E-state index in [4.69, 9.17) is 9.47 Å². The van der Waals surface area contributed by atoms with Crippen molar-refractivity contribution < 1.29 is 14.3 Å². The number of esters is 1. The molecule has 1 aliphatic carbocycles. The van der Waals surface area contributed by atoms with Crippen LogP contribution >= 0.6 is 0 Å². The van der Waals surface area contributed by atoms with Gasteiger partial charge in [-0.3, -0.25) is 0 Å². The van der Waals surface area contributed by atoms with Gasteiger partial charge < -0.3 is 9.47 Å². The van der Waals surface area contributed by atoms with E-state index in [1.165, 1.54) is 89.5 Å². The number of hydrogen-bond donors (Lipinski definition) is 0. The highest BCUT2D eigenvalue weighted by Crippen LogP contribution is 2.24. The van der Waals surface area contributed by atoms with Gasteiger partial charge in [0.05, 0.1) is 6.10 Å². The van der Waals surface area contributed by atoms with Crippen molar-refractivity contribution in [3.8, 4) is 0 Å². The highest BCUT2D eigenvalue weighted by Gasteiger charge is 2.24. The van der Waals surface area contributed by atoms with Gasteiger partial charge in [0.15, 0.2) is 0 Å². The molecule has 164 valence electrons. The van der Waals surface area contributed by atoms with Gasteiger partial charge in [0.25, 0.3) is 0 Å². The molecule has 0 aromatic carbocycles. The van der Waals surface area contributed by atoms with Crippen LogP contribution in [0.5, 0.6) is 0 Å². The lowest BCUT2D eigenvalue weighted by atomic mass is 9.95. The van der Waals surface area contributed by atoms with Crippen LogP contribution in [0.2, 0.25) is 0 Å². The fourth-order valence-corrected chi connectivity index (χ4v) is 4.12. The first-order chi connectivity index (χ1) is 13.8. The summed E-state index contributed by atoms with van der Waals surface area (Å²) in [7, 11) is 0. The quantitative estimate of drug-likeness (QED) is 0.137. The second-order valence-electron chi connectivity index (χ2n) is 8.52. The van der Waals surface area contributed by atoms with Crippen LogP contribution in [0.3, 0.4) is 0 Å². The molecule has 0 saturated heterocycles. The highest BCUT2D eigenvalue weighted by atomic mass is 16.5. The van der Waals surface area contributed by atoms with E-state index in [1.54, 1.807) is 0 Å². The molecule has 2 unspecified atom stereocenters. The molecule has 2 atom stereocenters. The van der Waals surface area contributed by atoms with Crippen LogP contribution in [-0.4, -0.2) is 24.8 Å². The van der Waals surface area contributed by atoms with Gasteiger partial charge in [-0.1, -0.05) is 97.0 Å². The first kappa shape index (κ1) is 25.2. The van der Waals surface area contributed by atoms with Crippen LogP contribution in [-0.2, 0) is 14.3 Å². The van der Waals surface area contributed by atoms with E-state index in [1.807, 2.05) is 0 Å². The topological polar surface area (TPSA) is 35.5 Å². The summed E-state index contributed by atoms with van der Waals surface area (Å²) in [6, 6.07) is 0. The van der Waals surface area contributed by atoms with Crippen LogP contribution in [0.1, 0.15) is 122 Å². The van der Waals surface area contributed by atoms with Crippen molar-refractivity contribution in [3.05, 3.63) is 12.7 Å². The zero-order chi connectivity index (χ0) is 20.3. The second kappa shape index (κ2) is 18.2. The third-order valence-electron chi connectivity index (χ3n) is 5.88. The van der Waals surface area contributed by atoms with Gasteiger partial charge in [0.2, 0.25) is 0 Å². The van der Waals surface area contributed by atoms with Crippen LogP contribution in [0.4, 0.5) is 0 Å². The summed E-state index contributed by atoms with van der Waals surface area (Å²) in [5.74, 6) is -0.308. The van der Waals surface area contributed by atoms with Crippen LogP contribution in [0, 0.1) is 0 Å². The molecule has 0 radical (unpaired) electrons. The fraction of sp³-hybridized carbons (Fsp3) is 0.880. The Bertz CT molecular complexity index is 380. The lowest BCUT2D eigenvalue weighted by Gasteiger charge is -2.28. The normalized spacial score (nSPS) is 19.5. The smallest absolute Gasteiger partial charge is 0.330 e. The van der Waals surface area contributed by atoms with E-state index < -0.39 is 0 Å². The molecule has 0 amide bonds. The second-order valence-corrected chi connectivity index (χ2v) is 8.52. The van der Waals surface area contributed by atoms with Crippen molar-refractivity contribution in [3.63, 3.8) is 0 Å². The first-order valence-electron chi connectivity index (χ1n) is 12.2. The Morgan fingerprint density at radius 1 is 0.821 bits per heavy atom. The SMILES string of the molecule is C=CC(=O)OC1CCCC(OCCCCCCCCCCCCCCCC)C1. The summed E-state index contributed by atoms with van der Waals surface area (Å²) in [5.41, 5.74) is 0. The maximum absolute atomic E-state index is 11.3. The predicted molar refractivity (Wildman–Crippen MR) is 119 cm³/mol. The van der Waals surface area contributed by atoms with Gasteiger partial charge in [-0.2, -0.15) is 0 Å². The molecule has 0 bridgehead atoms. The standard InChI is InChI=1S/C25H46O3/c1-3-5-6-7-8-9-10-11-12-13-14-15-16-17-21-27-23-19-18-20-24(22-23)28-25(26)4-2/h4,23-24H,2-3,5-22H2,1H3. The summed E-state index contributed by atoms with van der Waals surface area (Å²) in [4.78, 5) is 11.3. The molecular formula is C25H46O3. The number of hydrogen-bond acceptors (Lipinski definition) is 3. The molecule has 0 aromatic heterocycles. The molecule has 3 nitrogen and oxygen atoms in total. The summed E-state index contributed by atoms with van der Waals surface area (Å²) in [6.45, 7) is 6.60. The van der Waals surface area contributed by atoms with Gasteiger partial charge in [-0.25, -0.2) is 4.79 Å². The average molecular weight is 395 g/mol. The predicted octanol–water partition coefficient (Wildman–Crippen LogP) is 7.52. The fourth-order valence-electron chi connectivity index (χ4n) is 4.12. The Labute approximate surface area is 174 Å². The minimum Gasteiger partial charge on any atom is -0.459 e. The van der Waals surface area contributed by atoms with Crippen molar-refractivity contribution in [2.24, 2.45) is 0 Å². The molecule has 0 aliphatic heterocycles. The van der Waals surface area contributed by atoms with Gasteiger partial charge in [0, 0.05) is 19.1 Å². The molecule has 1 aliphatic rings. The summed E-state index contributed by atoms with van der Waals surface area (Å²) in [6.07, 6.45) is 24.9. The van der Waals surface area contributed by atoms with E-state index in [0.29, 0.717) is 0 Å². The summed E-state index contributed by atoms with van der Waals surface area (Å²) >= 11 is 0. The van der Waals surface area contributed by atoms with Crippen LogP contribution in [0.15, 0.2) is 12.7 Å².